The number of halogens is 1. The summed E-state index contributed by atoms with van der Waals surface area (Å²) >= 11 is 5.79. The Balaban J connectivity index is 1.90. The van der Waals surface area contributed by atoms with Gasteiger partial charge in [0.05, 0.1) is 12.9 Å². The van der Waals surface area contributed by atoms with E-state index in [1.807, 2.05) is 0 Å². The third-order valence-electron chi connectivity index (χ3n) is 3.80. The molecule has 0 spiro atoms. The van der Waals surface area contributed by atoms with Crippen LogP contribution in [-0.4, -0.2) is 66.3 Å². The van der Waals surface area contributed by atoms with Gasteiger partial charge in [0.2, 0.25) is 0 Å². The molecule has 0 unspecified atom stereocenters. The molecule has 4 atom stereocenters. The maximum atomic E-state index is 10.1. The van der Waals surface area contributed by atoms with Gasteiger partial charge in [-0.15, -0.1) is 0 Å². The van der Waals surface area contributed by atoms with Crippen molar-refractivity contribution in [1.29, 1.82) is 0 Å². The molecule has 4 N–H and O–H groups in total. The molecule has 1 saturated heterocycles. The first kappa shape index (κ1) is 17.1. The molecular formula is C14H18ClN5O4. The van der Waals surface area contributed by atoms with Crippen molar-refractivity contribution in [2.75, 3.05) is 18.5 Å². The Hall–Kier alpha value is -1.78. The number of imidazole rings is 1. The number of fused-ring (bicyclic) bond motifs is 1. The molecule has 9 nitrogen and oxygen atoms in total. The number of aromatic nitrogens is 4. The maximum Gasteiger partial charge on any atom is 0.167 e. The summed E-state index contributed by atoms with van der Waals surface area (Å²) in [7, 11) is 0. The first-order valence-electron chi connectivity index (χ1n) is 7.39. The molecule has 0 aromatic carbocycles. The Morgan fingerprint density at radius 3 is 2.83 bits per heavy atom. The van der Waals surface area contributed by atoms with E-state index in [9.17, 15) is 15.3 Å². The van der Waals surface area contributed by atoms with E-state index in [-0.39, 0.29) is 0 Å². The van der Waals surface area contributed by atoms with Gasteiger partial charge in [-0.3, -0.25) is 4.57 Å². The van der Waals surface area contributed by atoms with Crippen LogP contribution < -0.4 is 5.32 Å². The van der Waals surface area contributed by atoms with Crippen molar-refractivity contribution < 1.29 is 20.1 Å². The summed E-state index contributed by atoms with van der Waals surface area (Å²) in [6, 6.07) is 0. The summed E-state index contributed by atoms with van der Waals surface area (Å²) in [5.41, 5.74) is 0.935. The number of aliphatic hydroxyl groups is 3. The highest BCUT2D eigenvalue weighted by atomic mass is 35.5. The van der Waals surface area contributed by atoms with Crippen LogP contribution in [0.4, 0.5) is 5.82 Å². The average Bonchev–Trinajstić information content (AvgIpc) is 3.10. The van der Waals surface area contributed by atoms with Crippen molar-refractivity contribution in [3.05, 3.63) is 23.8 Å². The molecule has 1 aliphatic rings. The van der Waals surface area contributed by atoms with Crippen molar-refractivity contribution in [3.63, 3.8) is 0 Å². The van der Waals surface area contributed by atoms with Gasteiger partial charge in [-0.25, -0.2) is 15.0 Å². The minimum atomic E-state index is -1.20. The van der Waals surface area contributed by atoms with Gasteiger partial charge >= 0.3 is 0 Å². The van der Waals surface area contributed by atoms with Crippen LogP contribution in [0.15, 0.2) is 23.8 Å². The van der Waals surface area contributed by atoms with E-state index in [1.165, 1.54) is 17.2 Å². The van der Waals surface area contributed by atoms with Crippen LogP contribution in [0.2, 0.25) is 0 Å². The largest absolute Gasteiger partial charge is 0.394 e. The Kier molecular flexibility index (Phi) is 4.97. The van der Waals surface area contributed by atoms with Crippen molar-refractivity contribution in [1.82, 2.24) is 19.5 Å². The van der Waals surface area contributed by atoms with Crippen LogP contribution >= 0.6 is 11.6 Å². The maximum absolute atomic E-state index is 10.1. The molecule has 2 aromatic rings. The van der Waals surface area contributed by atoms with Crippen molar-refractivity contribution in [2.45, 2.75) is 31.5 Å². The van der Waals surface area contributed by atoms with Gasteiger partial charge in [0.15, 0.2) is 23.2 Å². The number of rotatable bonds is 5. The summed E-state index contributed by atoms with van der Waals surface area (Å²) in [5, 5.41) is 33.0. The Bertz CT molecular complexity index is 748. The first-order valence-corrected chi connectivity index (χ1v) is 7.77. The lowest BCUT2D eigenvalue weighted by Crippen LogP contribution is -2.33. The smallest absolute Gasteiger partial charge is 0.167 e. The van der Waals surface area contributed by atoms with Crippen LogP contribution in [0.1, 0.15) is 13.2 Å². The van der Waals surface area contributed by atoms with E-state index >= 15 is 0 Å². The van der Waals surface area contributed by atoms with E-state index < -0.39 is 31.1 Å². The third kappa shape index (κ3) is 3.08. The zero-order valence-electron chi connectivity index (χ0n) is 12.9. The number of hydrogen-bond donors (Lipinski definition) is 4. The fraction of sp³-hybridized carbons (Fsp3) is 0.500. The molecule has 1 fully saturated rings. The number of ether oxygens (including phenoxy) is 1. The minimum absolute atomic E-state index is 0.396. The molecule has 130 valence electrons. The lowest BCUT2D eigenvalue weighted by molar-refractivity contribution is -0.0511. The van der Waals surface area contributed by atoms with E-state index in [1.54, 1.807) is 13.0 Å². The summed E-state index contributed by atoms with van der Waals surface area (Å²) in [4.78, 5) is 12.6. The van der Waals surface area contributed by atoms with Crippen LogP contribution in [0.25, 0.3) is 11.2 Å². The molecule has 1 aliphatic heterocycles. The molecule has 3 heterocycles. The fourth-order valence-corrected chi connectivity index (χ4v) is 2.64. The van der Waals surface area contributed by atoms with Gasteiger partial charge in [0.1, 0.15) is 24.6 Å². The van der Waals surface area contributed by atoms with Gasteiger partial charge < -0.3 is 25.4 Å². The van der Waals surface area contributed by atoms with Gasteiger partial charge in [0.25, 0.3) is 0 Å². The molecule has 0 saturated carbocycles. The van der Waals surface area contributed by atoms with Crippen LogP contribution in [0.5, 0.6) is 0 Å². The summed E-state index contributed by atoms with van der Waals surface area (Å²) in [6.07, 6.45) is 0.461. The molecule has 0 amide bonds. The van der Waals surface area contributed by atoms with Gasteiger partial charge in [-0.2, -0.15) is 0 Å². The van der Waals surface area contributed by atoms with Crippen molar-refractivity contribution >= 4 is 28.6 Å². The van der Waals surface area contributed by atoms with Gasteiger partial charge in [-0.1, -0.05) is 17.7 Å². The Labute approximate surface area is 142 Å². The SMILES string of the molecule is CC(Cl)=CCNc1ncnc2c1ncn2[C@@H]1O[C@H](CO)[C@@H](O)[C@H]1O. The van der Waals surface area contributed by atoms with Crippen LogP contribution in [0.3, 0.4) is 0 Å². The molecule has 3 rings (SSSR count). The number of aliphatic hydroxyl groups excluding tert-OH is 3. The second-order valence-corrected chi connectivity index (χ2v) is 6.04. The highest BCUT2D eigenvalue weighted by Gasteiger charge is 2.43. The van der Waals surface area contributed by atoms with E-state index in [2.05, 4.69) is 20.3 Å². The summed E-state index contributed by atoms with van der Waals surface area (Å²) in [6.45, 7) is 1.85. The number of nitrogens with zero attached hydrogens (tertiary/aromatic N) is 4. The molecule has 0 radical (unpaired) electrons. The van der Waals surface area contributed by atoms with Crippen LogP contribution in [-0.2, 0) is 4.74 Å². The number of nitrogens with one attached hydrogen (secondary N) is 1. The number of anilines is 1. The second-order valence-electron chi connectivity index (χ2n) is 5.45. The fourth-order valence-electron chi connectivity index (χ4n) is 2.57. The third-order valence-corrected chi connectivity index (χ3v) is 3.96. The standard InChI is InChI=1S/C14H18ClN5O4/c1-7(15)2-3-16-12-9-13(18-5-17-12)20(6-19-9)14-11(23)10(22)8(4-21)24-14/h2,5-6,8,10-11,14,21-23H,3-4H2,1H3,(H,16,17,18)/t8-,10-,11-,14-/m1/s1. The van der Waals surface area contributed by atoms with Gasteiger partial charge in [0, 0.05) is 11.6 Å². The minimum Gasteiger partial charge on any atom is -0.394 e. The lowest BCUT2D eigenvalue weighted by Gasteiger charge is -2.16. The molecule has 0 aliphatic carbocycles. The van der Waals surface area contributed by atoms with Gasteiger partial charge in [-0.05, 0) is 6.92 Å². The predicted molar refractivity (Wildman–Crippen MR) is 86.4 cm³/mol. The van der Waals surface area contributed by atoms with Crippen LogP contribution in [0, 0.1) is 0 Å². The topological polar surface area (TPSA) is 126 Å². The summed E-state index contributed by atoms with van der Waals surface area (Å²) in [5.74, 6) is 0.514. The molecule has 2 aromatic heterocycles. The molecule has 24 heavy (non-hydrogen) atoms. The monoisotopic (exact) mass is 355 g/mol. The van der Waals surface area contributed by atoms with Crippen molar-refractivity contribution in [2.24, 2.45) is 0 Å². The second kappa shape index (κ2) is 6.99. The molecule has 0 bridgehead atoms. The van der Waals surface area contributed by atoms with Crippen molar-refractivity contribution in [3.8, 4) is 0 Å². The number of hydrogen-bond acceptors (Lipinski definition) is 8. The highest BCUT2D eigenvalue weighted by molar-refractivity contribution is 6.29. The van der Waals surface area contributed by atoms with E-state index in [0.29, 0.717) is 28.6 Å². The predicted octanol–water partition coefficient (Wildman–Crippen LogP) is -0.00770. The Morgan fingerprint density at radius 1 is 1.38 bits per heavy atom. The van der Waals surface area contributed by atoms with E-state index in [4.69, 9.17) is 16.3 Å². The zero-order valence-corrected chi connectivity index (χ0v) is 13.6. The molecule has 10 heteroatoms. The zero-order chi connectivity index (χ0) is 17.3. The van der Waals surface area contributed by atoms with E-state index in [0.717, 1.165) is 0 Å². The highest BCUT2D eigenvalue weighted by Crippen LogP contribution is 2.31. The number of allylic oxidation sites excluding steroid dienone is 1. The first-order chi connectivity index (χ1) is 11.5. The normalized spacial score (nSPS) is 27.8. The average molecular weight is 356 g/mol. The summed E-state index contributed by atoms with van der Waals surface area (Å²) < 4.78 is 7.01. The lowest BCUT2D eigenvalue weighted by atomic mass is 10.1. The quantitative estimate of drug-likeness (QED) is 0.590. The molecular weight excluding hydrogens is 338 g/mol. The Morgan fingerprint density at radius 2 is 2.17 bits per heavy atom.